The maximum atomic E-state index is 12.3. The van der Waals surface area contributed by atoms with Crippen molar-refractivity contribution in [2.24, 2.45) is 5.92 Å². The number of amides is 2. The van der Waals surface area contributed by atoms with Gasteiger partial charge in [-0.3, -0.25) is 0 Å². The number of piperidine rings is 1. The maximum absolute atomic E-state index is 12.3. The van der Waals surface area contributed by atoms with Crippen LogP contribution < -0.4 is 10.1 Å². The number of nitrogens with one attached hydrogen (secondary N) is 1. The van der Waals surface area contributed by atoms with E-state index >= 15 is 0 Å². The highest BCUT2D eigenvalue weighted by Crippen LogP contribution is 2.20. The number of carbonyl (C=O) groups is 1. The summed E-state index contributed by atoms with van der Waals surface area (Å²) in [5, 5.41) is 12.9. The number of aliphatic hydroxyl groups is 1. The van der Waals surface area contributed by atoms with Crippen molar-refractivity contribution in [3.05, 3.63) is 29.8 Å². The highest BCUT2D eigenvalue weighted by atomic mass is 16.5. The molecule has 1 saturated heterocycles. The quantitative estimate of drug-likeness (QED) is 0.896. The van der Waals surface area contributed by atoms with Gasteiger partial charge < -0.3 is 20.1 Å². The Bertz CT molecular complexity index is 516. The molecule has 0 saturated carbocycles. The van der Waals surface area contributed by atoms with Gasteiger partial charge in [-0.25, -0.2) is 4.79 Å². The van der Waals surface area contributed by atoms with Crippen LogP contribution in [0, 0.1) is 5.92 Å². The van der Waals surface area contributed by atoms with Crippen molar-refractivity contribution in [3.63, 3.8) is 0 Å². The molecule has 1 heterocycles. The van der Waals surface area contributed by atoms with E-state index in [0.717, 1.165) is 17.7 Å². The second-order valence-corrected chi connectivity index (χ2v) is 6.69. The van der Waals surface area contributed by atoms with Crippen LogP contribution in [0.4, 0.5) is 4.79 Å². The Labute approximate surface area is 138 Å². The van der Waals surface area contributed by atoms with E-state index in [1.165, 1.54) is 0 Å². The molecule has 3 atom stereocenters. The highest BCUT2D eigenvalue weighted by Gasteiger charge is 2.27. The lowest BCUT2D eigenvalue weighted by Crippen LogP contribution is -2.50. The Morgan fingerprint density at radius 2 is 1.96 bits per heavy atom. The average molecular weight is 320 g/mol. The number of urea groups is 1. The molecule has 1 aliphatic rings. The van der Waals surface area contributed by atoms with Gasteiger partial charge in [-0.2, -0.15) is 0 Å². The minimum absolute atomic E-state index is 0.0907. The minimum Gasteiger partial charge on any atom is -0.491 e. The van der Waals surface area contributed by atoms with Crippen molar-refractivity contribution >= 4 is 6.03 Å². The van der Waals surface area contributed by atoms with Gasteiger partial charge in [0.1, 0.15) is 5.75 Å². The number of β-amino-alcohol motifs (C(OH)–C–C–N with tert-alkyl or cyclic N) is 1. The normalized spacial score (nSPS) is 22.8. The molecule has 128 valence electrons. The van der Waals surface area contributed by atoms with Crippen LogP contribution in [0.15, 0.2) is 24.3 Å². The van der Waals surface area contributed by atoms with Gasteiger partial charge in [0, 0.05) is 13.1 Å². The number of rotatable bonds is 4. The summed E-state index contributed by atoms with van der Waals surface area (Å²) in [6.45, 7) is 9.05. The van der Waals surface area contributed by atoms with Crippen molar-refractivity contribution in [1.29, 1.82) is 0 Å². The number of hydrogen-bond donors (Lipinski definition) is 2. The zero-order chi connectivity index (χ0) is 17.0. The number of likely N-dealkylation sites (tertiary alicyclic amines) is 1. The molecule has 2 rings (SSSR count). The highest BCUT2D eigenvalue weighted by molar-refractivity contribution is 5.74. The molecule has 0 radical (unpaired) electrons. The van der Waals surface area contributed by atoms with E-state index in [0.29, 0.717) is 13.1 Å². The zero-order valence-electron chi connectivity index (χ0n) is 14.5. The van der Waals surface area contributed by atoms with Crippen molar-refractivity contribution in [2.45, 2.75) is 52.4 Å². The number of ether oxygens (including phenoxy) is 1. The van der Waals surface area contributed by atoms with Gasteiger partial charge >= 0.3 is 6.03 Å². The van der Waals surface area contributed by atoms with Gasteiger partial charge in [0.05, 0.1) is 18.2 Å². The molecule has 3 unspecified atom stereocenters. The van der Waals surface area contributed by atoms with Crippen LogP contribution in [-0.2, 0) is 0 Å². The summed E-state index contributed by atoms with van der Waals surface area (Å²) < 4.78 is 5.62. The first-order chi connectivity index (χ1) is 10.9. The average Bonchev–Trinajstić information content (AvgIpc) is 2.50. The number of benzene rings is 1. The van der Waals surface area contributed by atoms with E-state index in [4.69, 9.17) is 4.74 Å². The van der Waals surface area contributed by atoms with Gasteiger partial charge in [-0.1, -0.05) is 19.1 Å². The third-order valence-corrected chi connectivity index (χ3v) is 4.30. The van der Waals surface area contributed by atoms with Crippen LogP contribution >= 0.6 is 0 Å². The molecule has 0 aliphatic carbocycles. The van der Waals surface area contributed by atoms with Gasteiger partial charge in [-0.15, -0.1) is 0 Å². The summed E-state index contributed by atoms with van der Waals surface area (Å²) in [6.07, 6.45) is 0.549. The number of nitrogens with zero attached hydrogens (tertiary/aromatic N) is 1. The largest absolute Gasteiger partial charge is 0.491 e. The molecule has 23 heavy (non-hydrogen) atoms. The Morgan fingerprint density at radius 1 is 1.30 bits per heavy atom. The van der Waals surface area contributed by atoms with E-state index in [9.17, 15) is 9.90 Å². The second-order valence-electron chi connectivity index (χ2n) is 6.69. The first-order valence-electron chi connectivity index (χ1n) is 8.37. The van der Waals surface area contributed by atoms with Crippen LogP contribution in [0.3, 0.4) is 0 Å². The monoisotopic (exact) mass is 320 g/mol. The van der Waals surface area contributed by atoms with Crippen molar-refractivity contribution < 1.29 is 14.6 Å². The Hall–Kier alpha value is -1.75. The van der Waals surface area contributed by atoms with Crippen LogP contribution in [0.1, 0.15) is 45.7 Å². The lowest BCUT2D eigenvalue weighted by atomic mass is 9.96. The first kappa shape index (κ1) is 17.6. The molecule has 1 aromatic carbocycles. The van der Waals surface area contributed by atoms with Crippen molar-refractivity contribution in [1.82, 2.24) is 10.2 Å². The smallest absolute Gasteiger partial charge is 0.317 e. The van der Waals surface area contributed by atoms with E-state index in [1.807, 2.05) is 52.0 Å². The molecule has 1 fully saturated rings. The molecule has 0 bridgehead atoms. The van der Waals surface area contributed by atoms with E-state index in [1.54, 1.807) is 4.90 Å². The lowest BCUT2D eigenvalue weighted by molar-refractivity contribution is 0.0431. The Kier molecular flexibility index (Phi) is 5.88. The summed E-state index contributed by atoms with van der Waals surface area (Å²) in [5.41, 5.74) is 1.03. The van der Waals surface area contributed by atoms with Gasteiger partial charge in [0.25, 0.3) is 0 Å². The van der Waals surface area contributed by atoms with Gasteiger partial charge in [0.15, 0.2) is 0 Å². The summed E-state index contributed by atoms with van der Waals surface area (Å²) in [6, 6.07) is 7.57. The molecular formula is C18H28N2O3. The lowest BCUT2D eigenvalue weighted by Gasteiger charge is -2.35. The SMILES string of the molecule is CC(C)Oc1ccc(C(C)NC(=O)N2CCC(C)C(O)C2)cc1. The number of hydrogen-bond acceptors (Lipinski definition) is 3. The van der Waals surface area contributed by atoms with E-state index in [-0.39, 0.29) is 24.1 Å². The third kappa shape index (κ3) is 4.86. The van der Waals surface area contributed by atoms with Crippen molar-refractivity contribution in [2.75, 3.05) is 13.1 Å². The predicted molar refractivity (Wildman–Crippen MR) is 90.5 cm³/mol. The van der Waals surface area contributed by atoms with E-state index < -0.39 is 6.10 Å². The van der Waals surface area contributed by atoms with E-state index in [2.05, 4.69) is 5.32 Å². The zero-order valence-corrected chi connectivity index (χ0v) is 14.5. The molecule has 0 aromatic heterocycles. The Morgan fingerprint density at radius 3 is 2.52 bits per heavy atom. The molecule has 1 aromatic rings. The summed E-state index contributed by atoms with van der Waals surface area (Å²) in [5.74, 6) is 1.08. The van der Waals surface area contributed by atoms with Gasteiger partial charge in [0.2, 0.25) is 0 Å². The summed E-state index contributed by atoms with van der Waals surface area (Å²) in [4.78, 5) is 14.0. The number of carbonyl (C=O) groups excluding carboxylic acids is 1. The molecule has 1 aliphatic heterocycles. The molecule has 2 N–H and O–H groups in total. The second kappa shape index (κ2) is 7.68. The predicted octanol–water partition coefficient (Wildman–Crippen LogP) is 2.95. The third-order valence-electron chi connectivity index (χ3n) is 4.30. The van der Waals surface area contributed by atoms with Gasteiger partial charge in [-0.05, 0) is 50.8 Å². The molecule has 2 amide bonds. The fourth-order valence-electron chi connectivity index (χ4n) is 2.70. The van der Waals surface area contributed by atoms with Crippen LogP contribution in [0.25, 0.3) is 0 Å². The van der Waals surface area contributed by atoms with Crippen LogP contribution in [-0.4, -0.2) is 41.3 Å². The summed E-state index contributed by atoms with van der Waals surface area (Å²) in [7, 11) is 0. The molecular weight excluding hydrogens is 292 g/mol. The summed E-state index contributed by atoms with van der Waals surface area (Å²) >= 11 is 0. The maximum Gasteiger partial charge on any atom is 0.317 e. The Balaban J connectivity index is 1.90. The minimum atomic E-state index is -0.433. The van der Waals surface area contributed by atoms with Crippen LogP contribution in [0.5, 0.6) is 5.75 Å². The standard InChI is InChI=1S/C18H28N2O3/c1-12(2)23-16-7-5-15(6-8-16)14(4)19-18(22)20-10-9-13(3)17(21)11-20/h5-8,12-14,17,21H,9-11H2,1-4H3,(H,19,22). The fourth-order valence-corrected chi connectivity index (χ4v) is 2.70. The molecule has 5 heteroatoms. The topological polar surface area (TPSA) is 61.8 Å². The van der Waals surface area contributed by atoms with Crippen molar-refractivity contribution in [3.8, 4) is 5.75 Å². The van der Waals surface area contributed by atoms with Crippen LogP contribution in [0.2, 0.25) is 0 Å². The first-order valence-corrected chi connectivity index (χ1v) is 8.37. The number of aliphatic hydroxyl groups excluding tert-OH is 1. The molecule has 5 nitrogen and oxygen atoms in total. The fraction of sp³-hybridized carbons (Fsp3) is 0.611. The molecule has 0 spiro atoms.